The van der Waals surface area contributed by atoms with Gasteiger partial charge in [0.25, 0.3) is 5.56 Å². The summed E-state index contributed by atoms with van der Waals surface area (Å²) in [5.41, 5.74) is 0.976. The van der Waals surface area contributed by atoms with Crippen LogP contribution in [0.5, 0.6) is 0 Å². The zero-order valence-electron chi connectivity index (χ0n) is 11.5. The smallest absolute Gasteiger partial charge is 0.253 e. The monoisotopic (exact) mass is 248 g/mol. The Labute approximate surface area is 109 Å². The Morgan fingerprint density at radius 3 is 2.78 bits per heavy atom. The molecule has 1 saturated carbocycles. The molecule has 1 aromatic heterocycles. The van der Waals surface area contributed by atoms with Gasteiger partial charge >= 0.3 is 0 Å². The van der Waals surface area contributed by atoms with Crippen molar-refractivity contribution in [3.05, 3.63) is 34.2 Å². The minimum absolute atomic E-state index is 0.147. The molecule has 1 aliphatic rings. The second kappa shape index (κ2) is 6.19. The number of aryl methyl sites for hydroxylation is 1. The number of aromatic nitrogens is 1. The lowest BCUT2D eigenvalue weighted by Crippen LogP contribution is -2.41. The topological polar surface area (TPSA) is 34.0 Å². The molecule has 1 unspecified atom stereocenters. The summed E-state index contributed by atoms with van der Waals surface area (Å²) in [5, 5.41) is 3.41. The second-order valence-electron chi connectivity index (χ2n) is 5.44. The van der Waals surface area contributed by atoms with E-state index < -0.39 is 0 Å². The molecule has 1 atom stereocenters. The summed E-state index contributed by atoms with van der Waals surface area (Å²) in [6.07, 6.45) is 8.55. The molecule has 1 fully saturated rings. The van der Waals surface area contributed by atoms with Crippen LogP contribution in [0.4, 0.5) is 0 Å². The van der Waals surface area contributed by atoms with Crippen molar-refractivity contribution < 1.29 is 0 Å². The molecule has 1 aliphatic carbocycles. The fraction of sp³-hybridized carbons (Fsp3) is 0.667. The molecule has 1 aromatic rings. The van der Waals surface area contributed by atoms with Crippen LogP contribution >= 0.6 is 0 Å². The van der Waals surface area contributed by atoms with Crippen molar-refractivity contribution in [1.29, 1.82) is 0 Å². The lowest BCUT2D eigenvalue weighted by atomic mass is 9.84. The van der Waals surface area contributed by atoms with Gasteiger partial charge in [0, 0.05) is 24.3 Å². The fourth-order valence-corrected chi connectivity index (χ4v) is 3.03. The van der Waals surface area contributed by atoms with Crippen LogP contribution in [0.25, 0.3) is 0 Å². The normalized spacial score (nSPS) is 18.8. The third-order valence-corrected chi connectivity index (χ3v) is 4.19. The van der Waals surface area contributed by atoms with Gasteiger partial charge in [-0.05, 0) is 38.8 Å². The average molecular weight is 248 g/mol. The fourth-order valence-electron chi connectivity index (χ4n) is 3.03. The maximum absolute atomic E-state index is 12.0. The van der Waals surface area contributed by atoms with E-state index in [1.54, 1.807) is 0 Å². The van der Waals surface area contributed by atoms with Crippen molar-refractivity contribution >= 4 is 0 Å². The Morgan fingerprint density at radius 1 is 1.39 bits per heavy atom. The van der Waals surface area contributed by atoms with Crippen LogP contribution in [0.1, 0.15) is 37.7 Å². The van der Waals surface area contributed by atoms with Gasteiger partial charge in [-0.2, -0.15) is 0 Å². The highest BCUT2D eigenvalue weighted by molar-refractivity contribution is 5.07. The molecule has 0 radical (unpaired) electrons. The van der Waals surface area contributed by atoms with E-state index in [1.165, 1.54) is 32.1 Å². The first-order valence-electron chi connectivity index (χ1n) is 7.05. The molecule has 0 spiro atoms. The zero-order chi connectivity index (χ0) is 13.0. The number of hydrogen-bond acceptors (Lipinski definition) is 2. The molecule has 3 heteroatoms. The SMILES string of the molecule is CNC(Cn1cccc(C)c1=O)C1CCCCC1. The van der Waals surface area contributed by atoms with E-state index >= 15 is 0 Å². The molecule has 18 heavy (non-hydrogen) atoms. The lowest BCUT2D eigenvalue weighted by Gasteiger charge is -2.30. The largest absolute Gasteiger partial charge is 0.315 e. The van der Waals surface area contributed by atoms with Gasteiger partial charge in [-0.1, -0.05) is 25.3 Å². The number of rotatable bonds is 4. The summed E-state index contributed by atoms with van der Waals surface area (Å²) in [6.45, 7) is 2.68. The quantitative estimate of drug-likeness (QED) is 0.887. The molecule has 0 saturated heterocycles. The minimum Gasteiger partial charge on any atom is -0.315 e. The van der Waals surface area contributed by atoms with Gasteiger partial charge in [0.15, 0.2) is 0 Å². The predicted octanol–water partition coefficient (Wildman–Crippen LogP) is 2.33. The lowest BCUT2D eigenvalue weighted by molar-refractivity contribution is 0.256. The number of nitrogens with zero attached hydrogens (tertiary/aromatic N) is 1. The summed E-state index contributed by atoms with van der Waals surface area (Å²) < 4.78 is 1.85. The van der Waals surface area contributed by atoms with Gasteiger partial charge in [0.1, 0.15) is 0 Å². The number of hydrogen-bond donors (Lipinski definition) is 1. The van der Waals surface area contributed by atoms with Crippen molar-refractivity contribution in [2.45, 2.75) is 51.6 Å². The average Bonchev–Trinajstić information content (AvgIpc) is 2.41. The first kappa shape index (κ1) is 13.3. The number of likely N-dealkylation sites (N-methyl/N-ethyl adjacent to an activating group) is 1. The van der Waals surface area contributed by atoms with Gasteiger partial charge in [-0.3, -0.25) is 4.79 Å². The Balaban J connectivity index is 2.09. The van der Waals surface area contributed by atoms with E-state index in [4.69, 9.17) is 0 Å². The van der Waals surface area contributed by atoms with E-state index in [0.29, 0.717) is 6.04 Å². The van der Waals surface area contributed by atoms with Crippen molar-refractivity contribution in [2.24, 2.45) is 5.92 Å². The molecular formula is C15H24N2O. The molecule has 0 aliphatic heterocycles. The van der Waals surface area contributed by atoms with Crippen LogP contribution in [0.3, 0.4) is 0 Å². The van der Waals surface area contributed by atoms with Crippen molar-refractivity contribution in [2.75, 3.05) is 7.05 Å². The van der Waals surface area contributed by atoms with E-state index in [1.807, 2.05) is 36.9 Å². The van der Waals surface area contributed by atoms with E-state index in [-0.39, 0.29) is 5.56 Å². The first-order chi connectivity index (χ1) is 8.72. The summed E-state index contributed by atoms with van der Waals surface area (Å²) in [5.74, 6) is 0.719. The minimum atomic E-state index is 0.147. The van der Waals surface area contributed by atoms with Gasteiger partial charge in [0.05, 0.1) is 0 Å². The number of nitrogens with one attached hydrogen (secondary N) is 1. The maximum Gasteiger partial charge on any atom is 0.253 e. The van der Waals surface area contributed by atoms with E-state index in [0.717, 1.165) is 18.0 Å². The van der Waals surface area contributed by atoms with Gasteiger partial charge in [-0.25, -0.2) is 0 Å². The molecule has 1 heterocycles. The standard InChI is InChI=1S/C15H24N2O/c1-12-7-6-10-17(15(12)18)11-14(16-2)13-8-4-3-5-9-13/h6-7,10,13-14,16H,3-5,8-9,11H2,1-2H3. The summed E-state index contributed by atoms with van der Waals surface area (Å²) >= 11 is 0. The van der Waals surface area contributed by atoms with Crippen LogP contribution in [-0.2, 0) is 6.54 Å². The number of pyridine rings is 1. The van der Waals surface area contributed by atoms with Gasteiger partial charge in [-0.15, -0.1) is 0 Å². The Bertz CT molecular complexity index is 432. The highest BCUT2D eigenvalue weighted by Crippen LogP contribution is 2.26. The maximum atomic E-state index is 12.0. The molecule has 0 amide bonds. The van der Waals surface area contributed by atoms with Crippen molar-refractivity contribution in [1.82, 2.24) is 9.88 Å². The summed E-state index contributed by atoms with van der Waals surface area (Å²) in [7, 11) is 2.01. The molecule has 0 aromatic carbocycles. The van der Waals surface area contributed by atoms with Crippen LogP contribution < -0.4 is 10.9 Å². The Kier molecular flexibility index (Phi) is 4.59. The van der Waals surface area contributed by atoms with Crippen molar-refractivity contribution in [3.8, 4) is 0 Å². The summed E-state index contributed by atoms with van der Waals surface area (Å²) in [4.78, 5) is 12.0. The summed E-state index contributed by atoms with van der Waals surface area (Å²) in [6, 6.07) is 4.27. The van der Waals surface area contributed by atoms with Crippen LogP contribution in [-0.4, -0.2) is 17.7 Å². The Hall–Kier alpha value is -1.09. The Morgan fingerprint density at radius 2 is 2.11 bits per heavy atom. The first-order valence-corrected chi connectivity index (χ1v) is 7.05. The molecular weight excluding hydrogens is 224 g/mol. The molecule has 2 rings (SSSR count). The van der Waals surface area contributed by atoms with Gasteiger partial charge < -0.3 is 9.88 Å². The van der Waals surface area contributed by atoms with Crippen LogP contribution in [0, 0.1) is 12.8 Å². The van der Waals surface area contributed by atoms with Crippen LogP contribution in [0.2, 0.25) is 0 Å². The molecule has 0 bridgehead atoms. The highest BCUT2D eigenvalue weighted by Gasteiger charge is 2.22. The predicted molar refractivity (Wildman–Crippen MR) is 74.9 cm³/mol. The highest BCUT2D eigenvalue weighted by atomic mass is 16.1. The van der Waals surface area contributed by atoms with Crippen molar-refractivity contribution in [3.63, 3.8) is 0 Å². The van der Waals surface area contributed by atoms with Gasteiger partial charge in [0.2, 0.25) is 0 Å². The molecule has 3 nitrogen and oxygen atoms in total. The second-order valence-corrected chi connectivity index (χ2v) is 5.44. The van der Waals surface area contributed by atoms with E-state index in [2.05, 4.69) is 5.32 Å². The van der Waals surface area contributed by atoms with E-state index in [9.17, 15) is 4.79 Å². The zero-order valence-corrected chi connectivity index (χ0v) is 11.5. The third kappa shape index (κ3) is 3.02. The molecule has 1 N–H and O–H groups in total. The molecule has 100 valence electrons. The van der Waals surface area contributed by atoms with Crippen LogP contribution in [0.15, 0.2) is 23.1 Å². The third-order valence-electron chi connectivity index (χ3n) is 4.19.